The Morgan fingerprint density at radius 1 is 1.00 bits per heavy atom. The van der Waals surface area contributed by atoms with Crippen molar-refractivity contribution in [1.82, 2.24) is 0 Å². The molecule has 108 valence electrons. The fraction of sp³-hybridized carbons (Fsp3) is 0.200. The Morgan fingerprint density at radius 2 is 1.65 bits per heavy atom. The summed E-state index contributed by atoms with van der Waals surface area (Å²) >= 11 is 0. The Morgan fingerprint density at radius 3 is 2.25 bits per heavy atom. The van der Waals surface area contributed by atoms with Gasteiger partial charge < -0.3 is 10.8 Å². The van der Waals surface area contributed by atoms with E-state index in [1.165, 1.54) is 6.07 Å². The SMILES string of the molecule is Cl.N[C@H](c1ccc(F)c(F)c1)[C@@H](O)Cc1ccccc1. The highest BCUT2D eigenvalue weighted by Crippen LogP contribution is 2.19. The lowest BCUT2D eigenvalue weighted by molar-refractivity contribution is 0.145. The first-order chi connectivity index (χ1) is 9.08. The number of hydrogen-bond donors (Lipinski definition) is 2. The molecule has 0 amide bonds. The Hall–Kier alpha value is -1.49. The van der Waals surface area contributed by atoms with Crippen molar-refractivity contribution in [3.63, 3.8) is 0 Å². The van der Waals surface area contributed by atoms with Gasteiger partial charge in [0.2, 0.25) is 0 Å². The molecule has 0 heterocycles. The van der Waals surface area contributed by atoms with Gasteiger partial charge in [-0.1, -0.05) is 36.4 Å². The lowest BCUT2D eigenvalue weighted by Gasteiger charge is -2.19. The minimum Gasteiger partial charge on any atom is -0.391 e. The number of halogens is 3. The lowest BCUT2D eigenvalue weighted by Crippen LogP contribution is -2.28. The van der Waals surface area contributed by atoms with Crippen molar-refractivity contribution in [1.29, 1.82) is 0 Å². The molecule has 0 aliphatic heterocycles. The summed E-state index contributed by atoms with van der Waals surface area (Å²) in [6.07, 6.45) is -0.492. The van der Waals surface area contributed by atoms with Crippen molar-refractivity contribution < 1.29 is 13.9 Å². The van der Waals surface area contributed by atoms with Crippen molar-refractivity contribution in [2.45, 2.75) is 18.6 Å². The second-order valence-corrected chi connectivity index (χ2v) is 4.46. The van der Waals surface area contributed by atoms with Crippen LogP contribution in [0.4, 0.5) is 8.78 Å². The average molecular weight is 300 g/mol. The normalized spacial score (nSPS) is 13.4. The minimum absolute atomic E-state index is 0. The van der Waals surface area contributed by atoms with Crippen LogP contribution in [-0.4, -0.2) is 11.2 Å². The first kappa shape index (κ1) is 16.6. The fourth-order valence-corrected chi connectivity index (χ4v) is 1.92. The van der Waals surface area contributed by atoms with Crippen LogP contribution in [-0.2, 0) is 6.42 Å². The van der Waals surface area contributed by atoms with Crippen LogP contribution in [0.15, 0.2) is 48.5 Å². The predicted molar refractivity (Wildman–Crippen MR) is 76.7 cm³/mol. The third kappa shape index (κ3) is 4.00. The molecule has 3 N–H and O–H groups in total. The summed E-state index contributed by atoms with van der Waals surface area (Å²) in [4.78, 5) is 0. The summed E-state index contributed by atoms with van der Waals surface area (Å²) in [7, 11) is 0. The lowest BCUT2D eigenvalue weighted by atomic mass is 9.97. The second-order valence-electron chi connectivity index (χ2n) is 4.46. The highest BCUT2D eigenvalue weighted by atomic mass is 35.5. The van der Waals surface area contributed by atoms with Crippen molar-refractivity contribution in [3.8, 4) is 0 Å². The molecule has 0 spiro atoms. The number of aliphatic hydroxyl groups excluding tert-OH is 1. The molecule has 0 radical (unpaired) electrons. The summed E-state index contributed by atoms with van der Waals surface area (Å²) < 4.78 is 25.9. The fourth-order valence-electron chi connectivity index (χ4n) is 1.92. The van der Waals surface area contributed by atoms with Gasteiger partial charge in [-0.3, -0.25) is 0 Å². The van der Waals surface area contributed by atoms with Crippen LogP contribution in [0.25, 0.3) is 0 Å². The zero-order valence-electron chi connectivity index (χ0n) is 10.7. The molecule has 2 atom stereocenters. The molecule has 2 aromatic rings. The van der Waals surface area contributed by atoms with Crippen LogP contribution in [0.3, 0.4) is 0 Å². The zero-order chi connectivity index (χ0) is 13.8. The quantitative estimate of drug-likeness (QED) is 0.911. The van der Waals surface area contributed by atoms with Gasteiger partial charge in [-0.2, -0.15) is 0 Å². The first-order valence-corrected chi connectivity index (χ1v) is 6.00. The van der Waals surface area contributed by atoms with Gasteiger partial charge in [-0.25, -0.2) is 8.78 Å². The summed E-state index contributed by atoms with van der Waals surface area (Å²) in [5, 5.41) is 10.0. The van der Waals surface area contributed by atoms with Crippen molar-refractivity contribution in [3.05, 3.63) is 71.3 Å². The molecule has 0 aromatic heterocycles. The van der Waals surface area contributed by atoms with Crippen LogP contribution in [0, 0.1) is 11.6 Å². The van der Waals surface area contributed by atoms with Crippen LogP contribution in [0.1, 0.15) is 17.2 Å². The first-order valence-electron chi connectivity index (χ1n) is 6.00. The largest absolute Gasteiger partial charge is 0.391 e. The minimum atomic E-state index is -0.958. The van der Waals surface area contributed by atoms with E-state index in [-0.39, 0.29) is 12.4 Å². The molecule has 5 heteroatoms. The highest BCUT2D eigenvalue weighted by molar-refractivity contribution is 5.85. The molecule has 2 aromatic carbocycles. The van der Waals surface area contributed by atoms with Crippen LogP contribution in [0.2, 0.25) is 0 Å². The van der Waals surface area contributed by atoms with Gasteiger partial charge in [-0.15, -0.1) is 12.4 Å². The van der Waals surface area contributed by atoms with Crippen LogP contribution in [0.5, 0.6) is 0 Å². The molecule has 0 aliphatic carbocycles. The number of benzene rings is 2. The van der Waals surface area contributed by atoms with E-state index in [4.69, 9.17) is 5.73 Å². The van der Waals surface area contributed by atoms with E-state index in [1.54, 1.807) is 0 Å². The maximum Gasteiger partial charge on any atom is 0.159 e. The molecular formula is C15H16ClF2NO. The summed E-state index contributed by atoms with van der Waals surface area (Å²) in [6, 6.07) is 12.0. The van der Waals surface area contributed by atoms with Gasteiger partial charge in [0.25, 0.3) is 0 Å². The third-order valence-electron chi connectivity index (χ3n) is 3.03. The van der Waals surface area contributed by atoms with Crippen molar-refractivity contribution >= 4 is 12.4 Å². The molecule has 0 unspecified atom stereocenters. The van der Waals surface area contributed by atoms with E-state index in [9.17, 15) is 13.9 Å². The van der Waals surface area contributed by atoms with Gasteiger partial charge in [0, 0.05) is 6.42 Å². The maximum atomic E-state index is 13.1. The molecular weight excluding hydrogens is 284 g/mol. The van der Waals surface area contributed by atoms with Crippen molar-refractivity contribution in [2.75, 3.05) is 0 Å². The number of rotatable bonds is 4. The summed E-state index contributed by atoms with van der Waals surface area (Å²) in [5.41, 5.74) is 7.18. The summed E-state index contributed by atoms with van der Waals surface area (Å²) in [6.45, 7) is 0. The Labute approximate surface area is 122 Å². The van der Waals surface area contributed by atoms with Crippen molar-refractivity contribution in [2.24, 2.45) is 5.73 Å². The number of nitrogens with two attached hydrogens (primary N) is 1. The zero-order valence-corrected chi connectivity index (χ0v) is 11.5. The second kappa shape index (κ2) is 7.33. The average Bonchev–Trinajstić information content (AvgIpc) is 2.42. The smallest absolute Gasteiger partial charge is 0.159 e. The van der Waals surface area contributed by atoms with E-state index in [1.807, 2.05) is 30.3 Å². The molecule has 0 saturated heterocycles. The van der Waals surface area contributed by atoms with Gasteiger partial charge >= 0.3 is 0 Å². The van der Waals surface area contributed by atoms with Crippen LogP contribution < -0.4 is 5.73 Å². The monoisotopic (exact) mass is 299 g/mol. The Kier molecular flexibility index (Phi) is 6.07. The van der Waals surface area contributed by atoms with E-state index in [2.05, 4.69) is 0 Å². The number of hydrogen-bond acceptors (Lipinski definition) is 2. The maximum absolute atomic E-state index is 13.1. The third-order valence-corrected chi connectivity index (χ3v) is 3.03. The standard InChI is InChI=1S/C15H15F2NO.ClH/c16-12-7-6-11(9-13(12)17)15(18)14(19)8-10-4-2-1-3-5-10;/h1-7,9,14-15,19H,8,18H2;1H/t14-,15+;/m0./s1. The van der Waals surface area contributed by atoms with Crippen LogP contribution >= 0.6 is 12.4 Å². The molecule has 0 fully saturated rings. The molecule has 0 saturated carbocycles. The molecule has 20 heavy (non-hydrogen) atoms. The highest BCUT2D eigenvalue weighted by Gasteiger charge is 2.18. The molecule has 2 rings (SSSR count). The van der Waals surface area contributed by atoms with E-state index >= 15 is 0 Å². The van der Waals surface area contributed by atoms with E-state index < -0.39 is 23.8 Å². The number of aliphatic hydroxyl groups is 1. The Balaban J connectivity index is 0.00000200. The van der Waals surface area contributed by atoms with E-state index in [0.29, 0.717) is 12.0 Å². The molecule has 2 nitrogen and oxygen atoms in total. The van der Waals surface area contributed by atoms with Gasteiger partial charge in [0.1, 0.15) is 0 Å². The van der Waals surface area contributed by atoms with Gasteiger partial charge in [-0.05, 0) is 23.3 Å². The molecule has 0 aliphatic rings. The van der Waals surface area contributed by atoms with E-state index in [0.717, 1.165) is 17.7 Å². The molecule has 0 bridgehead atoms. The summed E-state index contributed by atoms with van der Waals surface area (Å²) in [5.74, 6) is -1.88. The Bertz CT molecular complexity index is 551. The predicted octanol–water partition coefficient (Wildman–Crippen LogP) is 2.99. The van der Waals surface area contributed by atoms with Gasteiger partial charge in [0.05, 0.1) is 12.1 Å². The topological polar surface area (TPSA) is 46.2 Å². The van der Waals surface area contributed by atoms with Gasteiger partial charge in [0.15, 0.2) is 11.6 Å².